The van der Waals surface area contributed by atoms with Crippen molar-refractivity contribution in [1.29, 1.82) is 0 Å². The highest BCUT2D eigenvalue weighted by Crippen LogP contribution is 2.58. The quantitative estimate of drug-likeness (QED) is 0.426. The van der Waals surface area contributed by atoms with E-state index in [9.17, 15) is 0 Å². The summed E-state index contributed by atoms with van der Waals surface area (Å²) in [5, 5.41) is 2.59. The Morgan fingerprint density at radius 3 is 2.62 bits per heavy atom. The average molecular weight is 381 g/mol. The largest absolute Gasteiger partial charge is 0.497 e. The minimum atomic E-state index is 0.434. The number of fused-ring (bicyclic) bond motifs is 5. The summed E-state index contributed by atoms with van der Waals surface area (Å²) in [6.07, 6.45) is 5.09. The van der Waals surface area contributed by atoms with Gasteiger partial charge in [-0.3, -0.25) is 0 Å². The van der Waals surface area contributed by atoms with Crippen molar-refractivity contribution in [3.05, 3.63) is 76.9 Å². The maximum absolute atomic E-state index is 5.57. The molecule has 0 aromatic heterocycles. The molecule has 2 aliphatic rings. The topological polar surface area (TPSA) is 9.23 Å². The number of methoxy groups -OCH3 is 1. The molecule has 3 aromatic carbocycles. The van der Waals surface area contributed by atoms with Crippen LogP contribution in [0, 0.1) is 23.2 Å². The first-order valence-corrected chi connectivity index (χ1v) is 10.8. The Hall–Kier alpha value is -2.72. The summed E-state index contributed by atoms with van der Waals surface area (Å²) < 4.78 is 5.57. The second-order valence-corrected chi connectivity index (χ2v) is 9.27. The van der Waals surface area contributed by atoms with E-state index in [0.717, 1.165) is 29.2 Å². The Morgan fingerprint density at radius 1 is 1.00 bits per heavy atom. The van der Waals surface area contributed by atoms with E-state index in [1.807, 2.05) is 18.2 Å². The van der Waals surface area contributed by atoms with Gasteiger partial charge in [0, 0.05) is 11.1 Å². The molecule has 1 fully saturated rings. The van der Waals surface area contributed by atoms with E-state index >= 15 is 0 Å². The van der Waals surface area contributed by atoms with Crippen LogP contribution >= 0.6 is 0 Å². The number of benzene rings is 3. The van der Waals surface area contributed by atoms with E-state index in [0.29, 0.717) is 11.3 Å². The highest BCUT2D eigenvalue weighted by Gasteiger charge is 2.46. The van der Waals surface area contributed by atoms with Gasteiger partial charge in [-0.1, -0.05) is 43.9 Å². The maximum atomic E-state index is 5.57. The van der Waals surface area contributed by atoms with E-state index in [2.05, 4.69) is 62.1 Å². The molecular formula is C28H28O. The lowest BCUT2D eigenvalue weighted by molar-refractivity contribution is 0.248. The molecule has 0 radical (unpaired) electrons. The van der Waals surface area contributed by atoms with Crippen molar-refractivity contribution in [2.75, 3.05) is 7.11 Å². The molecule has 0 amide bonds. The zero-order chi connectivity index (χ0) is 20.0. The Morgan fingerprint density at radius 2 is 1.83 bits per heavy atom. The molecule has 1 heteroatoms. The zero-order valence-corrected chi connectivity index (χ0v) is 17.6. The highest BCUT2D eigenvalue weighted by molar-refractivity contribution is 5.93. The molecule has 0 heterocycles. The molecule has 29 heavy (non-hydrogen) atoms. The van der Waals surface area contributed by atoms with Crippen LogP contribution < -0.4 is 4.74 Å². The van der Waals surface area contributed by atoms with Gasteiger partial charge in [0.05, 0.1) is 7.11 Å². The summed E-state index contributed by atoms with van der Waals surface area (Å²) in [7, 11) is 1.75. The third-order valence-electron chi connectivity index (χ3n) is 7.22. The molecule has 1 nitrogen and oxygen atoms in total. The average Bonchev–Trinajstić information content (AvgIpc) is 3.06. The minimum Gasteiger partial charge on any atom is -0.497 e. The van der Waals surface area contributed by atoms with Crippen LogP contribution in [-0.4, -0.2) is 7.11 Å². The van der Waals surface area contributed by atoms with Gasteiger partial charge in [-0.15, -0.1) is 0 Å². The lowest BCUT2D eigenvalue weighted by Crippen LogP contribution is -2.26. The van der Waals surface area contributed by atoms with E-state index in [1.54, 1.807) is 12.7 Å². The second-order valence-electron chi connectivity index (χ2n) is 9.27. The molecule has 3 aromatic rings. The third-order valence-corrected chi connectivity index (χ3v) is 7.22. The van der Waals surface area contributed by atoms with Crippen molar-refractivity contribution in [3.8, 4) is 17.6 Å². The lowest BCUT2D eigenvalue weighted by atomic mass is 9.66. The van der Waals surface area contributed by atoms with Crippen LogP contribution in [0.4, 0.5) is 0 Å². The van der Waals surface area contributed by atoms with E-state index in [1.165, 1.54) is 35.6 Å². The predicted octanol–water partition coefficient (Wildman–Crippen LogP) is 6.71. The molecule has 0 spiro atoms. The first-order chi connectivity index (χ1) is 14.1. The molecule has 0 N–H and O–H groups in total. The molecule has 5 rings (SSSR count). The number of ether oxygens (including phenoxy) is 1. The zero-order valence-electron chi connectivity index (χ0n) is 17.6. The van der Waals surface area contributed by atoms with Gasteiger partial charge in [-0.05, 0) is 101 Å². The lowest BCUT2D eigenvalue weighted by Gasteiger charge is -2.38. The Balaban J connectivity index is 1.73. The van der Waals surface area contributed by atoms with Gasteiger partial charge in [-0.2, -0.15) is 0 Å². The summed E-state index contributed by atoms with van der Waals surface area (Å²) in [4.78, 5) is 0. The Labute approximate surface area is 174 Å². The van der Waals surface area contributed by atoms with Gasteiger partial charge in [-0.25, -0.2) is 0 Å². The van der Waals surface area contributed by atoms with Gasteiger partial charge in [0.25, 0.3) is 0 Å². The van der Waals surface area contributed by atoms with Crippen molar-refractivity contribution >= 4 is 10.8 Å². The van der Waals surface area contributed by atoms with Crippen LogP contribution in [0.15, 0.2) is 54.6 Å². The number of hydrogen-bond donors (Lipinski definition) is 0. The SMILES string of the molecule is COc1ccc2c(C#Cc3ccccc3)cc3c(c2c1)CC[C@]1(C)C[C@H](C)C[C@@H]31. The second kappa shape index (κ2) is 6.96. The Kier molecular flexibility index (Phi) is 4.39. The van der Waals surface area contributed by atoms with Gasteiger partial charge in [0.1, 0.15) is 5.75 Å². The molecule has 146 valence electrons. The van der Waals surface area contributed by atoms with Gasteiger partial charge >= 0.3 is 0 Å². The summed E-state index contributed by atoms with van der Waals surface area (Å²) in [5.74, 6) is 9.27. The van der Waals surface area contributed by atoms with E-state index in [-0.39, 0.29) is 0 Å². The third kappa shape index (κ3) is 3.12. The van der Waals surface area contributed by atoms with Crippen molar-refractivity contribution < 1.29 is 4.74 Å². The predicted molar refractivity (Wildman–Crippen MR) is 120 cm³/mol. The van der Waals surface area contributed by atoms with Crippen molar-refractivity contribution in [1.82, 2.24) is 0 Å². The molecule has 3 atom stereocenters. The molecule has 0 unspecified atom stereocenters. The van der Waals surface area contributed by atoms with Gasteiger partial charge in [0.15, 0.2) is 0 Å². The molecule has 0 aliphatic heterocycles. The van der Waals surface area contributed by atoms with E-state index in [4.69, 9.17) is 4.74 Å². The summed E-state index contributed by atoms with van der Waals surface area (Å²) in [5.41, 5.74) is 5.71. The first kappa shape index (κ1) is 18.3. The number of rotatable bonds is 1. The fraction of sp³-hybridized carbons (Fsp3) is 0.357. The molecular weight excluding hydrogens is 352 g/mol. The highest BCUT2D eigenvalue weighted by atomic mass is 16.5. The first-order valence-electron chi connectivity index (χ1n) is 10.8. The fourth-order valence-electron chi connectivity index (χ4n) is 5.86. The van der Waals surface area contributed by atoms with Crippen molar-refractivity contribution in [2.24, 2.45) is 11.3 Å². The molecule has 0 bridgehead atoms. The molecule has 2 aliphatic carbocycles. The van der Waals surface area contributed by atoms with Crippen LogP contribution in [0.5, 0.6) is 5.75 Å². The number of hydrogen-bond acceptors (Lipinski definition) is 1. The number of aryl methyl sites for hydroxylation is 1. The maximum Gasteiger partial charge on any atom is 0.119 e. The standard InChI is InChI=1S/C28H28O/c1-19-15-27-26-16-21(10-9-20-7-5-4-6-8-20)23-12-11-22(29-3)17-25(23)24(26)13-14-28(27,2)18-19/h4-8,11-12,16-17,19,27H,13-15,18H2,1-3H3/t19-,27+,28-/m1/s1. The van der Waals surface area contributed by atoms with Crippen LogP contribution in [0.1, 0.15) is 61.3 Å². The smallest absolute Gasteiger partial charge is 0.119 e. The summed E-state index contributed by atoms with van der Waals surface area (Å²) in [6.45, 7) is 4.93. The van der Waals surface area contributed by atoms with Crippen LogP contribution in [0.3, 0.4) is 0 Å². The minimum absolute atomic E-state index is 0.434. The van der Waals surface area contributed by atoms with Gasteiger partial charge in [0.2, 0.25) is 0 Å². The Bertz CT molecular complexity index is 1130. The van der Waals surface area contributed by atoms with Gasteiger partial charge < -0.3 is 4.74 Å². The van der Waals surface area contributed by atoms with Crippen LogP contribution in [0.2, 0.25) is 0 Å². The summed E-state index contributed by atoms with van der Waals surface area (Å²) >= 11 is 0. The molecule has 1 saturated carbocycles. The van der Waals surface area contributed by atoms with Crippen molar-refractivity contribution in [3.63, 3.8) is 0 Å². The van der Waals surface area contributed by atoms with Crippen LogP contribution in [0.25, 0.3) is 10.8 Å². The van der Waals surface area contributed by atoms with E-state index < -0.39 is 0 Å². The van der Waals surface area contributed by atoms with Crippen molar-refractivity contribution in [2.45, 2.75) is 45.4 Å². The normalized spacial score (nSPS) is 25.1. The fourth-order valence-corrected chi connectivity index (χ4v) is 5.86. The monoisotopic (exact) mass is 380 g/mol. The molecule has 0 saturated heterocycles. The van der Waals surface area contributed by atoms with Crippen LogP contribution in [-0.2, 0) is 6.42 Å². The summed E-state index contributed by atoms with van der Waals surface area (Å²) in [6, 6.07) is 19.2.